The second-order valence-corrected chi connectivity index (χ2v) is 6.35. The minimum atomic E-state index is -3.58. The molecule has 3 N–H and O–H groups in total. The quantitative estimate of drug-likeness (QED) is 0.745. The number of aromatic nitrogens is 3. The van der Waals surface area contributed by atoms with Crippen LogP contribution in [0.25, 0.3) is 0 Å². The summed E-state index contributed by atoms with van der Waals surface area (Å²) in [5, 5.41) is 9.36. The molecule has 8 nitrogen and oxygen atoms in total. The van der Waals surface area contributed by atoms with Gasteiger partial charge in [0.2, 0.25) is 10.0 Å². The Hall–Kier alpha value is -2.13. The Morgan fingerprint density at radius 1 is 1.43 bits per heavy atom. The largest absolute Gasteiger partial charge is 0.345 e. The van der Waals surface area contributed by atoms with Gasteiger partial charge in [0.1, 0.15) is 10.6 Å². The van der Waals surface area contributed by atoms with E-state index in [0.29, 0.717) is 5.82 Å². The first-order chi connectivity index (χ1) is 9.87. The van der Waals surface area contributed by atoms with E-state index >= 15 is 0 Å². The maximum absolute atomic E-state index is 12.2. The molecule has 0 saturated carbocycles. The zero-order chi connectivity index (χ0) is 15.6. The van der Waals surface area contributed by atoms with Gasteiger partial charge in [0.25, 0.3) is 5.91 Å². The summed E-state index contributed by atoms with van der Waals surface area (Å²) in [5.74, 6) is -0.0275. The Kier molecular flexibility index (Phi) is 4.14. The van der Waals surface area contributed by atoms with Crippen molar-refractivity contribution in [3.8, 4) is 0 Å². The van der Waals surface area contributed by atoms with Crippen LogP contribution in [0.4, 0.5) is 5.82 Å². The molecule has 0 aromatic carbocycles. The normalized spacial score (nSPS) is 11.6. The highest BCUT2D eigenvalue weighted by molar-refractivity contribution is 7.89. The third kappa shape index (κ3) is 3.14. The number of sulfonamides is 1. The Morgan fingerprint density at radius 2 is 2.14 bits per heavy atom. The summed E-state index contributed by atoms with van der Waals surface area (Å²) < 4.78 is 27.1. The Balaban J connectivity index is 2.24. The minimum absolute atomic E-state index is 0.0360. The second kappa shape index (κ2) is 5.70. The van der Waals surface area contributed by atoms with E-state index in [1.165, 1.54) is 23.9 Å². The minimum Gasteiger partial charge on any atom is -0.345 e. The summed E-state index contributed by atoms with van der Waals surface area (Å²) in [7, 11) is -0.658. The highest BCUT2D eigenvalue weighted by Crippen LogP contribution is 2.15. The molecule has 0 aliphatic heterocycles. The van der Waals surface area contributed by atoms with E-state index in [-0.39, 0.29) is 10.6 Å². The van der Waals surface area contributed by atoms with Gasteiger partial charge >= 0.3 is 0 Å². The molecule has 114 valence electrons. The number of hydrogen-bond donors (Lipinski definition) is 3. The summed E-state index contributed by atoms with van der Waals surface area (Å²) in [6, 6.07) is 3.04. The number of rotatable bonds is 5. The molecule has 1 amide bonds. The summed E-state index contributed by atoms with van der Waals surface area (Å²) in [5.41, 5.74) is 1.13. The van der Waals surface area contributed by atoms with Crippen molar-refractivity contribution in [1.29, 1.82) is 0 Å². The summed E-state index contributed by atoms with van der Waals surface area (Å²) in [4.78, 5) is 12.2. The number of carbonyl (C=O) groups excluding carboxylic acids is 1. The molecule has 9 heteroatoms. The Morgan fingerprint density at radius 3 is 2.71 bits per heavy atom. The van der Waals surface area contributed by atoms with Gasteiger partial charge in [-0.2, -0.15) is 5.10 Å². The number of anilines is 1. The van der Waals surface area contributed by atoms with Crippen LogP contribution in [0.2, 0.25) is 0 Å². The SMILES string of the molecule is CCc1cc(NC(=O)c2cc(S(=O)(=O)NC)cn2C)n[nH]1. The lowest BCUT2D eigenvalue weighted by Crippen LogP contribution is -2.18. The first kappa shape index (κ1) is 15.3. The number of H-pyrrole nitrogens is 1. The van der Waals surface area contributed by atoms with Gasteiger partial charge in [-0.15, -0.1) is 0 Å². The molecule has 0 aliphatic rings. The number of aryl methyl sites for hydroxylation is 2. The van der Waals surface area contributed by atoms with Crippen molar-refractivity contribution in [1.82, 2.24) is 19.5 Å². The second-order valence-electron chi connectivity index (χ2n) is 4.47. The van der Waals surface area contributed by atoms with Gasteiger partial charge in [-0.25, -0.2) is 13.1 Å². The topological polar surface area (TPSA) is 109 Å². The molecule has 0 atom stereocenters. The monoisotopic (exact) mass is 311 g/mol. The molecule has 0 radical (unpaired) electrons. The Bertz CT molecular complexity index is 760. The summed E-state index contributed by atoms with van der Waals surface area (Å²) >= 11 is 0. The van der Waals surface area contributed by atoms with Crippen LogP contribution >= 0.6 is 0 Å². The molecule has 0 fully saturated rings. The van der Waals surface area contributed by atoms with Crippen LogP contribution in [0.15, 0.2) is 23.2 Å². The van der Waals surface area contributed by atoms with Crippen molar-refractivity contribution in [3.05, 3.63) is 29.7 Å². The fourth-order valence-corrected chi connectivity index (χ4v) is 2.61. The van der Waals surface area contributed by atoms with Crippen LogP contribution < -0.4 is 10.0 Å². The average molecular weight is 311 g/mol. The van der Waals surface area contributed by atoms with Crippen LogP contribution in [0.5, 0.6) is 0 Å². The van der Waals surface area contributed by atoms with Crippen LogP contribution in [0, 0.1) is 0 Å². The molecule has 0 bridgehead atoms. The van der Waals surface area contributed by atoms with E-state index in [4.69, 9.17) is 0 Å². The molecule has 2 heterocycles. The van der Waals surface area contributed by atoms with Crippen molar-refractivity contribution in [2.75, 3.05) is 12.4 Å². The van der Waals surface area contributed by atoms with Gasteiger partial charge in [-0.3, -0.25) is 9.89 Å². The molecule has 0 aliphatic carbocycles. The molecular weight excluding hydrogens is 294 g/mol. The number of aromatic amines is 1. The molecule has 2 aromatic heterocycles. The zero-order valence-electron chi connectivity index (χ0n) is 12.0. The molecule has 21 heavy (non-hydrogen) atoms. The lowest BCUT2D eigenvalue weighted by Gasteiger charge is -2.02. The third-order valence-corrected chi connectivity index (χ3v) is 4.43. The molecule has 0 spiro atoms. The zero-order valence-corrected chi connectivity index (χ0v) is 12.8. The number of nitrogens with zero attached hydrogens (tertiary/aromatic N) is 2. The molecular formula is C12H17N5O3S. The predicted octanol–water partition coefficient (Wildman–Crippen LogP) is 0.471. The number of amides is 1. The van der Waals surface area contributed by atoms with Crippen molar-refractivity contribution < 1.29 is 13.2 Å². The highest BCUT2D eigenvalue weighted by atomic mass is 32.2. The molecule has 2 aromatic rings. The van der Waals surface area contributed by atoms with Crippen molar-refractivity contribution in [2.24, 2.45) is 7.05 Å². The number of carbonyl (C=O) groups is 1. The van der Waals surface area contributed by atoms with Crippen molar-refractivity contribution in [2.45, 2.75) is 18.2 Å². The maximum Gasteiger partial charge on any atom is 0.273 e. The van der Waals surface area contributed by atoms with Crippen LogP contribution in [-0.2, 0) is 23.5 Å². The van der Waals surface area contributed by atoms with E-state index in [1.807, 2.05) is 6.92 Å². The van der Waals surface area contributed by atoms with Crippen LogP contribution in [0.3, 0.4) is 0 Å². The van der Waals surface area contributed by atoms with E-state index in [9.17, 15) is 13.2 Å². The summed E-state index contributed by atoms with van der Waals surface area (Å²) in [6.07, 6.45) is 2.15. The van der Waals surface area contributed by atoms with Gasteiger partial charge in [0, 0.05) is 25.0 Å². The first-order valence-corrected chi connectivity index (χ1v) is 7.81. The number of nitrogens with one attached hydrogen (secondary N) is 3. The molecule has 0 saturated heterocycles. The van der Waals surface area contributed by atoms with Gasteiger partial charge < -0.3 is 9.88 Å². The van der Waals surface area contributed by atoms with E-state index in [0.717, 1.165) is 12.1 Å². The predicted molar refractivity (Wildman–Crippen MR) is 77.6 cm³/mol. The van der Waals surface area contributed by atoms with Gasteiger partial charge in [0.05, 0.1) is 0 Å². The smallest absolute Gasteiger partial charge is 0.273 e. The van der Waals surface area contributed by atoms with Crippen LogP contribution in [0.1, 0.15) is 23.1 Å². The van der Waals surface area contributed by atoms with Gasteiger partial charge in [-0.05, 0) is 19.5 Å². The molecule has 2 rings (SSSR count). The average Bonchev–Trinajstić information content (AvgIpc) is 3.05. The number of hydrogen-bond acceptors (Lipinski definition) is 4. The fourth-order valence-electron chi connectivity index (χ4n) is 1.81. The fraction of sp³-hybridized carbons (Fsp3) is 0.333. The van der Waals surface area contributed by atoms with E-state index in [2.05, 4.69) is 20.2 Å². The lowest BCUT2D eigenvalue weighted by molar-refractivity contribution is 0.101. The van der Waals surface area contributed by atoms with Crippen molar-refractivity contribution in [3.63, 3.8) is 0 Å². The standard InChI is InChI=1S/C12H17N5O3S/c1-4-8-5-11(16-15-8)14-12(18)10-6-9(7-17(10)3)21(19,20)13-2/h5-7,13H,4H2,1-3H3,(H2,14,15,16,18). The maximum atomic E-state index is 12.2. The highest BCUT2D eigenvalue weighted by Gasteiger charge is 2.19. The van der Waals surface area contributed by atoms with Crippen LogP contribution in [-0.4, -0.2) is 36.1 Å². The third-order valence-electron chi connectivity index (χ3n) is 3.04. The van der Waals surface area contributed by atoms with E-state index < -0.39 is 15.9 Å². The van der Waals surface area contributed by atoms with E-state index in [1.54, 1.807) is 13.1 Å². The Labute approximate surface area is 122 Å². The van der Waals surface area contributed by atoms with Crippen molar-refractivity contribution >= 4 is 21.7 Å². The molecule has 0 unspecified atom stereocenters. The summed E-state index contributed by atoms with van der Waals surface area (Å²) in [6.45, 7) is 1.96. The first-order valence-electron chi connectivity index (χ1n) is 6.33. The van der Waals surface area contributed by atoms with Gasteiger partial charge in [0.15, 0.2) is 5.82 Å². The van der Waals surface area contributed by atoms with Gasteiger partial charge in [-0.1, -0.05) is 6.92 Å². The lowest BCUT2D eigenvalue weighted by atomic mass is 10.3.